The Morgan fingerprint density at radius 3 is 2.48 bits per heavy atom. The van der Waals surface area contributed by atoms with Crippen LogP contribution in [0.15, 0.2) is 18.3 Å². The Hall–Kier alpha value is -2.51. The van der Waals surface area contributed by atoms with Crippen LogP contribution in [-0.2, 0) is 4.79 Å². The van der Waals surface area contributed by atoms with E-state index in [1.54, 1.807) is 28.1 Å². The normalized spacial score (nSPS) is 15.7. The van der Waals surface area contributed by atoms with E-state index in [0.29, 0.717) is 38.3 Å². The average Bonchev–Trinajstić information content (AvgIpc) is 3.13. The summed E-state index contributed by atoms with van der Waals surface area (Å²) in [6, 6.07) is 2.89. The van der Waals surface area contributed by atoms with Gasteiger partial charge in [-0.1, -0.05) is 19.8 Å². The van der Waals surface area contributed by atoms with Gasteiger partial charge < -0.3 is 25.2 Å². The van der Waals surface area contributed by atoms with E-state index in [9.17, 15) is 14.4 Å². The van der Waals surface area contributed by atoms with Crippen LogP contribution in [0.5, 0.6) is 0 Å². The van der Waals surface area contributed by atoms with Crippen molar-refractivity contribution in [2.75, 3.05) is 26.2 Å². The minimum Gasteiger partial charge on any atom is -0.481 e. The molecule has 1 aliphatic rings. The number of carbonyl (C=O) groups excluding carboxylic acids is 2. The van der Waals surface area contributed by atoms with Crippen LogP contribution in [0.4, 0.5) is 4.79 Å². The van der Waals surface area contributed by atoms with E-state index in [1.807, 2.05) is 6.92 Å². The van der Waals surface area contributed by atoms with E-state index in [-0.39, 0.29) is 24.4 Å². The highest BCUT2D eigenvalue weighted by molar-refractivity contribution is 5.92. The first-order chi connectivity index (χ1) is 12.0. The highest BCUT2D eigenvalue weighted by atomic mass is 16.4. The number of rotatable bonds is 7. The minimum atomic E-state index is -0.914. The molecule has 2 rings (SSSR count). The van der Waals surface area contributed by atoms with Gasteiger partial charge >= 0.3 is 12.0 Å². The first-order valence-corrected chi connectivity index (χ1v) is 8.71. The van der Waals surface area contributed by atoms with Crippen LogP contribution in [-0.4, -0.2) is 70.0 Å². The van der Waals surface area contributed by atoms with Gasteiger partial charge in [0.05, 0.1) is 6.42 Å². The summed E-state index contributed by atoms with van der Waals surface area (Å²) in [6.07, 6.45) is 4.11. The molecule has 3 amide bonds. The molecule has 0 bridgehead atoms. The molecule has 25 heavy (non-hydrogen) atoms. The maximum atomic E-state index is 12.4. The van der Waals surface area contributed by atoms with Crippen LogP contribution in [0.2, 0.25) is 0 Å². The number of H-pyrrole nitrogens is 1. The second-order valence-electron chi connectivity index (χ2n) is 6.25. The van der Waals surface area contributed by atoms with Crippen molar-refractivity contribution in [1.82, 2.24) is 20.1 Å². The highest BCUT2D eigenvalue weighted by Crippen LogP contribution is 2.10. The smallest absolute Gasteiger partial charge is 0.317 e. The van der Waals surface area contributed by atoms with Crippen molar-refractivity contribution in [3.8, 4) is 0 Å². The topological polar surface area (TPSA) is 106 Å². The molecule has 1 aliphatic heterocycles. The summed E-state index contributed by atoms with van der Waals surface area (Å²) in [4.78, 5) is 41.8. The summed E-state index contributed by atoms with van der Waals surface area (Å²) < 4.78 is 0. The van der Waals surface area contributed by atoms with Gasteiger partial charge in [-0.2, -0.15) is 0 Å². The Balaban J connectivity index is 1.83. The number of hydrogen-bond acceptors (Lipinski definition) is 3. The van der Waals surface area contributed by atoms with Gasteiger partial charge in [-0.25, -0.2) is 4.79 Å². The van der Waals surface area contributed by atoms with E-state index in [1.165, 1.54) is 0 Å². The lowest BCUT2D eigenvalue weighted by atomic mass is 10.1. The van der Waals surface area contributed by atoms with Gasteiger partial charge in [-0.3, -0.25) is 9.59 Å². The SMILES string of the molecule is CCCC[C@H](CC(=O)O)NC(=O)N1CCN(C(=O)c2ccc[nH]2)CC1. The molecule has 0 unspecified atom stereocenters. The number of amides is 3. The van der Waals surface area contributed by atoms with Crippen molar-refractivity contribution in [2.45, 2.75) is 38.6 Å². The first kappa shape index (κ1) is 18.8. The number of aliphatic carboxylic acids is 1. The highest BCUT2D eigenvalue weighted by Gasteiger charge is 2.26. The number of aromatic amines is 1. The van der Waals surface area contributed by atoms with Crippen LogP contribution in [0, 0.1) is 0 Å². The molecule has 1 aromatic rings. The summed E-state index contributed by atoms with van der Waals surface area (Å²) >= 11 is 0. The van der Waals surface area contributed by atoms with Gasteiger partial charge in [0, 0.05) is 38.4 Å². The Bertz CT molecular complexity index is 579. The number of carbonyl (C=O) groups is 3. The Labute approximate surface area is 147 Å². The first-order valence-electron chi connectivity index (χ1n) is 8.71. The molecule has 3 N–H and O–H groups in total. The fourth-order valence-electron chi connectivity index (χ4n) is 2.90. The van der Waals surface area contributed by atoms with E-state index < -0.39 is 5.97 Å². The molecule has 1 aromatic heterocycles. The van der Waals surface area contributed by atoms with E-state index in [2.05, 4.69) is 10.3 Å². The number of urea groups is 1. The number of hydrogen-bond donors (Lipinski definition) is 3. The Kier molecular flexibility index (Phi) is 6.85. The quantitative estimate of drug-likeness (QED) is 0.693. The van der Waals surface area contributed by atoms with Crippen molar-refractivity contribution in [3.63, 3.8) is 0 Å². The van der Waals surface area contributed by atoms with Gasteiger partial charge in [0.25, 0.3) is 5.91 Å². The third kappa shape index (κ3) is 5.51. The zero-order valence-electron chi connectivity index (χ0n) is 14.5. The molecule has 0 radical (unpaired) electrons. The molecule has 8 nitrogen and oxygen atoms in total. The van der Waals surface area contributed by atoms with Crippen LogP contribution in [0.1, 0.15) is 43.1 Å². The summed E-state index contributed by atoms with van der Waals surface area (Å²) in [5.74, 6) is -0.987. The zero-order valence-corrected chi connectivity index (χ0v) is 14.5. The monoisotopic (exact) mass is 350 g/mol. The van der Waals surface area contributed by atoms with Crippen molar-refractivity contribution >= 4 is 17.9 Å². The molecule has 0 aromatic carbocycles. The van der Waals surface area contributed by atoms with Gasteiger partial charge in [0.1, 0.15) is 5.69 Å². The number of carboxylic acids is 1. The molecule has 8 heteroatoms. The largest absolute Gasteiger partial charge is 0.481 e. The third-order valence-electron chi connectivity index (χ3n) is 4.34. The summed E-state index contributed by atoms with van der Waals surface area (Å²) in [5.41, 5.74) is 0.541. The number of nitrogens with zero attached hydrogens (tertiary/aromatic N) is 2. The van der Waals surface area contributed by atoms with Gasteiger partial charge in [0.2, 0.25) is 0 Å². The Morgan fingerprint density at radius 2 is 1.92 bits per heavy atom. The van der Waals surface area contributed by atoms with Crippen molar-refractivity contribution in [3.05, 3.63) is 24.0 Å². The molecule has 1 saturated heterocycles. The predicted molar refractivity (Wildman–Crippen MR) is 92.4 cm³/mol. The number of unbranched alkanes of at least 4 members (excludes halogenated alkanes) is 1. The maximum Gasteiger partial charge on any atom is 0.317 e. The maximum absolute atomic E-state index is 12.4. The van der Waals surface area contributed by atoms with E-state index >= 15 is 0 Å². The number of aromatic nitrogens is 1. The van der Waals surface area contributed by atoms with Crippen molar-refractivity contribution < 1.29 is 19.5 Å². The Morgan fingerprint density at radius 1 is 1.24 bits per heavy atom. The minimum absolute atomic E-state index is 0.0724. The molecule has 138 valence electrons. The molecule has 1 atom stereocenters. The van der Waals surface area contributed by atoms with Crippen LogP contribution < -0.4 is 5.32 Å². The van der Waals surface area contributed by atoms with Gasteiger partial charge in [-0.15, -0.1) is 0 Å². The summed E-state index contributed by atoms with van der Waals surface area (Å²) in [6.45, 7) is 3.82. The van der Waals surface area contributed by atoms with Crippen molar-refractivity contribution in [1.29, 1.82) is 0 Å². The van der Waals surface area contributed by atoms with Gasteiger partial charge in [0.15, 0.2) is 0 Å². The molecule has 2 heterocycles. The van der Waals surface area contributed by atoms with Crippen LogP contribution in [0.3, 0.4) is 0 Å². The van der Waals surface area contributed by atoms with E-state index in [4.69, 9.17) is 5.11 Å². The number of nitrogens with one attached hydrogen (secondary N) is 2. The van der Waals surface area contributed by atoms with Crippen LogP contribution >= 0.6 is 0 Å². The van der Waals surface area contributed by atoms with Crippen LogP contribution in [0.25, 0.3) is 0 Å². The molecule has 0 spiro atoms. The summed E-state index contributed by atoms with van der Waals surface area (Å²) in [5, 5.41) is 11.8. The van der Waals surface area contributed by atoms with E-state index in [0.717, 1.165) is 12.8 Å². The summed E-state index contributed by atoms with van der Waals surface area (Å²) in [7, 11) is 0. The zero-order chi connectivity index (χ0) is 18.2. The lowest BCUT2D eigenvalue weighted by molar-refractivity contribution is -0.137. The number of piperazine rings is 1. The fraction of sp³-hybridized carbons (Fsp3) is 0.588. The molecular formula is C17H26N4O4. The fourth-order valence-corrected chi connectivity index (χ4v) is 2.90. The lowest BCUT2D eigenvalue weighted by Gasteiger charge is -2.35. The molecule has 0 saturated carbocycles. The van der Waals surface area contributed by atoms with Crippen molar-refractivity contribution in [2.24, 2.45) is 0 Å². The van der Waals surface area contributed by atoms with Gasteiger partial charge in [-0.05, 0) is 18.6 Å². The average molecular weight is 350 g/mol. The predicted octanol–water partition coefficient (Wildman–Crippen LogP) is 1.52. The molecular weight excluding hydrogens is 324 g/mol. The third-order valence-corrected chi connectivity index (χ3v) is 4.34. The molecule has 1 fully saturated rings. The lowest BCUT2D eigenvalue weighted by Crippen LogP contribution is -2.54. The molecule has 0 aliphatic carbocycles. The standard InChI is InChI=1S/C17H26N4O4/c1-2-3-5-13(12-15(22)23)19-17(25)21-10-8-20(9-11-21)16(24)14-6-4-7-18-14/h4,6-7,13,18H,2-3,5,8-12H2,1H3,(H,19,25)(H,22,23)/t13-/m1/s1. The number of carboxylic acid groups (broad SMARTS) is 1. The second kappa shape index (κ2) is 9.10. The second-order valence-corrected chi connectivity index (χ2v) is 6.25.